The molecule has 2 aromatic heterocycles. The molecule has 2 fully saturated rings. The van der Waals surface area contributed by atoms with Gasteiger partial charge in [0.2, 0.25) is 0 Å². The van der Waals surface area contributed by atoms with Crippen molar-refractivity contribution in [1.82, 2.24) is 19.1 Å². The van der Waals surface area contributed by atoms with Gasteiger partial charge in [0.25, 0.3) is 11.1 Å². The number of rotatable bonds is 15. The molecule has 0 radical (unpaired) electrons. The van der Waals surface area contributed by atoms with E-state index >= 15 is 0 Å². The topological polar surface area (TPSA) is 240 Å². The summed E-state index contributed by atoms with van der Waals surface area (Å²) in [4.78, 5) is 74.7. The van der Waals surface area contributed by atoms with E-state index in [1.54, 1.807) is 28.1 Å². The Labute approximate surface area is 381 Å². The molecule has 0 aliphatic carbocycles. The Hall–Kier alpha value is -6.44. The van der Waals surface area contributed by atoms with Crippen LogP contribution in [0, 0.1) is 13.8 Å². The Balaban J connectivity index is 0.000000316. The van der Waals surface area contributed by atoms with E-state index in [1.807, 2.05) is 78.9 Å². The summed E-state index contributed by atoms with van der Waals surface area (Å²) in [5.41, 5.74) is 0.0305. The van der Waals surface area contributed by atoms with Crippen LogP contribution in [0.5, 0.6) is 11.5 Å². The number of hydrogen-bond acceptors (Lipinski definition) is 14. The van der Waals surface area contributed by atoms with Crippen molar-refractivity contribution in [2.24, 2.45) is 0 Å². The van der Waals surface area contributed by atoms with Gasteiger partial charge in [0.15, 0.2) is 0 Å². The molecule has 66 heavy (non-hydrogen) atoms. The van der Waals surface area contributed by atoms with Crippen molar-refractivity contribution < 1.29 is 48.2 Å². The smallest absolute Gasteiger partial charge is 0.330 e. The highest BCUT2D eigenvalue weighted by Gasteiger charge is 2.43. The maximum absolute atomic E-state index is 12.5. The van der Waals surface area contributed by atoms with E-state index in [0.717, 1.165) is 16.7 Å². The van der Waals surface area contributed by atoms with Gasteiger partial charge in [-0.05, 0) is 61.7 Å². The van der Waals surface area contributed by atoms with Crippen molar-refractivity contribution in [2.45, 2.75) is 104 Å². The molecule has 18 nitrogen and oxygen atoms in total. The van der Waals surface area contributed by atoms with Gasteiger partial charge in [-0.2, -0.15) is 0 Å². The van der Waals surface area contributed by atoms with Crippen molar-refractivity contribution in [3.05, 3.63) is 161 Å². The second kappa shape index (κ2) is 23.1. The van der Waals surface area contributed by atoms with E-state index in [4.69, 9.17) is 28.4 Å². The first-order valence-electron chi connectivity index (χ1n) is 20.6. The van der Waals surface area contributed by atoms with Crippen LogP contribution in [0.25, 0.3) is 0 Å². The monoisotopic (exact) mass is 916 g/mol. The molecule has 356 valence electrons. The minimum Gasteiger partial charge on any atom is -0.497 e. The highest BCUT2D eigenvalue weighted by molar-refractivity contribution is 5.81. The molecule has 3 aromatic carbocycles. The molecule has 7 rings (SSSR count). The number of hydrogen-bond donors (Lipinski definition) is 4. The third kappa shape index (κ3) is 11.9. The molecule has 0 saturated carbocycles. The van der Waals surface area contributed by atoms with Crippen molar-refractivity contribution in [1.29, 1.82) is 0 Å². The average molecular weight is 917 g/mol. The number of carbonyl (C=O) groups excluding carboxylic acids is 2. The van der Waals surface area contributed by atoms with Gasteiger partial charge in [-0.25, -0.2) is 9.59 Å². The summed E-state index contributed by atoms with van der Waals surface area (Å²) in [6.07, 6.45) is -1.50. The van der Waals surface area contributed by atoms with Crippen molar-refractivity contribution in [3.63, 3.8) is 0 Å². The van der Waals surface area contributed by atoms with E-state index in [9.17, 15) is 39.0 Å². The van der Waals surface area contributed by atoms with E-state index < -0.39 is 77.5 Å². The van der Waals surface area contributed by atoms with Crippen LogP contribution in [0.15, 0.2) is 110 Å². The molecule has 4 N–H and O–H groups in total. The second-order valence-corrected chi connectivity index (χ2v) is 15.5. The average Bonchev–Trinajstić information content (AvgIpc) is 3.88. The van der Waals surface area contributed by atoms with Crippen LogP contribution in [0.3, 0.4) is 0 Å². The van der Waals surface area contributed by atoms with Crippen molar-refractivity contribution in [3.8, 4) is 11.5 Å². The maximum atomic E-state index is 12.5. The Bertz CT molecular complexity index is 2570. The van der Waals surface area contributed by atoms with Gasteiger partial charge in [0.05, 0.1) is 40.0 Å². The standard InChI is InChI=1S/C31H32N2O7.C15H20N2O7.2CH4/c1-20-18-33(30(36)32-29(20)35)28-17-26(34)27(40-28)19-39-31(21-7-5-4-6-8-21,22-9-13-24(37-2)14-10-22)23-11-15-25(38-3)16-12-23;1-8-6-17(15(22)16-14(8)21)12-5-10(11(7-18)23-12)24-13(20)4-3-9(2)19;;/h4-16,18,26-28,34H,17,19H2,1-3H3,(H,32,35,36);6,10-12,18H,3-5,7H2,1-2H3,(H,16,21,22);2*1H4/t26-,27+,28+;10-,11+,12+;;/m00../s1. The van der Waals surface area contributed by atoms with Crippen LogP contribution in [0.4, 0.5) is 0 Å². The number of ketones is 1. The van der Waals surface area contributed by atoms with Crippen LogP contribution < -0.4 is 32.0 Å². The summed E-state index contributed by atoms with van der Waals surface area (Å²) in [6.45, 7) is 4.16. The summed E-state index contributed by atoms with van der Waals surface area (Å²) in [5.74, 6) is 0.725. The molecule has 2 aliphatic rings. The zero-order valence-electron chi connectivity index (χ0n) is 36.1. The van der Waals surface area contributed by atoms with Crippen LogP contribution >= 0.6 is 0 Å². The third-order valence-electron chi connectivity index (χ3n) is 11.1. The summed E-state index contributed by atoms with van der Waals surface area (Å²) < 4.78 is 37.1. The Morgan fingerprint density at radius 3 is 1.65 bits per heavy atom. The largest absolute Gasteiger partial charge is 0.497 e. The van der Waals surface area contributed by atoms with E-state index in [2.05, 4.69) is 9.97 Å². The summed E-state index contributed by atoms with van der Waals surface area (Å²) in [5, 5.41) is 20.3. The molecule has 4 heterocycles. The van der Waals surface area contributed by atoms with Gasteiger partial charge in [-0.1, -0.05) is 69.5 Å². The predicted molar refractivity (Wildman–Crippen MR) is 244 cm³/mol. The minimum absolute atomic E-state index is 0. The fourth-order valence-electron chi connectivity index (χ4n) is 7.58. The number of nitrogens with zero attached hydrogens (tertiary/aromatic N) is 2. The SMILES string of the molecule is C.C.CC(=O)CCC(=O)O[C@H]1C[C@H](n2cc(C)c(=O)[nH]c2=O)O[C@@H]1CO.COc1ccc(C(OC[C@H]2O[C@@H](n3cc(C)c(=O)[nH]c3=O)C[C@@H]2O)(c2ccccc2)c2ccc(OC)cc2)cc1. The first-order valence-corrected chi connectivity index (χ1v) is 20.6. The van der Waals surface area contributed by atoms with Crippen LogP contribution in [-0.2, 0) is 34.1 Å². The zero-order valence-corrected chi connectivity index (χ0v) is 36.1. The van der Waals surface area contributed by atoms with Crippen LogP contribution in [-0.4, -0.2) is 92.9 Å². The number of aromatic amines is 2. The van der Waals surface area contributed by atoms with E-state index in [-0.39, 0.29) is 52.9 Å². The molecule has 6 atom stereocenters. The highest BCUT2D eigenvalue weighted by Crippen LogP contribution is 2.43. The van der Waals surface area contributed by atoms with Crippen LogP contribution in [0.1, 0.15) is 87.7 Å². The van der Waals surface area contributed by atoms with Gasteiger partial charge in [0.1, 0.15) is 53.7 Å². The van der Waals surface area contributed by atoms with Crippen molar-refractivity contribution >= 4 is 11.8 Å². The number of aliphatic hydroxyl groups is 2. The number of aryl methyl sites for hydroxylation is 2. The fourth-order valence-corrected chi connectivity index (χ4v) is 7.58. The summed E-state index contributed by atoms with van der Waals surface area (Å²) in [6, 6.07) is 25.1. The number of Topliss-reactive ketones (excluding diaryl/α,β-unsaturated/α-hetero) is 1. The number of H-pyrrole nitrogens is 2. The van der Waals surface area contributed by atoms with Gasteiger partial charge >= 0.3 is 17.3 Å². The molecule has 18 heteroatoms. The van der Waals surface area contributed by atoms with E-state index in [0.29, 0.717) is 22.6 Å². The minimum atomic E-state index is -1.08. The molecule has 2 aliphatic heterocycles. The van der Waals surface area contributed by atoms with Gasteiger partial charge in [-0.15, -0.1) is 0 Å². The quantitative estimate of drug-likeness (QED) is 0.0851. The molecular formula is C48H60N4O14. The first-order chi connectivity index (χ1) is 30.7. The van der Waals surface area contributed by atoms with Gasteiger partial charge in [-0.3, -0.25) is 33.5 Å². The van der Waals surface area contributed by atoms with Crippen molar-refractivity contribution in [2.75, 3.05) is 27.4 Å². The Morgan fingerprint density at radius 1 is 0.712 bits per heavy atom. The third-order valence-corrected chi connectivity index (χ3v) is 11.1. The van der Waals surface area contributed by atoms with Gasteiger partial charge in [0, 0.05) is 42.8 Å². The first kappa shape index (κ1) is 52.2. The fraction of sp³-hybridized carbons (Fsp3) is 0.417. The zero-order chi connectivity index (χ0) is 46.1. The number of aliphatic hydroxyl groups excluding tert-OH is 2. The lowest BCUT2D eigenvalue weighted by Crippen LogP contribution is -2.38. The maximum Gasteiger partial charge on any atom is 0.330 e. The molecule has 0 unspecified atom stereocenters. The lowest BCUT2D eigenvalue weighted by atomic mass is 9.80. The molecule has 0 bridgehead atoms. The number of nitrogens with one attached hydrogen (secondary N) is 2. The summed E-state index contributed by atoms with van der Waals surface area (Å²) in [7, 11) is 3.23. The van der Waals surface area contributed by atoms with Gasteiger partial charge < -0.3 is 43.4 Å². The van der Waals surface area contributed by atoms with E-state index in [1.165, 1.54) is 28.5 Å². The number of ether oxygens (including phenoxy) is 6. The normalized spacial score (nSPS) is 19.9. The lowest BCUT2D eigenvalue weighted by Gasteiger charge is -2.37. The predicted octanol–water partition coefficient (Wildman–Crippen LogP) is 4.20. The molecule has 2 saturated heterocycles. The lowest BCUT2D eigenvalue weighted by molar-refractivity contribution is -0.153. The number of benzene rings is 3. The number of methoxy groups -OCH3 is 2. The Kier molecular flexibility index (Phi) is 18.3. The Morgan fingerprint density at radius 2 is 1.18 bits per heavy atom. The number of carbonyl (C=O) groups is 2. The summed E-state index contributed by atoms with van der Waals surface area (Å²) >= 11 is 0. The molecule has 0 amide bonds. The molecule has 0 spiro atoms. The number of aromatic nitrogens is 4. The highest BCUT2D eigenvalue weighted by atomic mass is 16.6. The molecule has 5 aromatic rings. The number of esters is 1. The molecular weight excluding hydrogens is 857 g/mol. The van der Waals surface area contributed by atoms with Crippen LogP contribution in [0.2, 0.25) is 0 Å². The second-order valence-electron chi connectivity index (χ2n) is 15.5.